The molecule has 0 spiro atoms. The molecule has 0 unspecified atom stereocenters. The summed E-state index contributed by atoms with van der Waals surface area (Å²) in [6.07, 6.45) is 3.79. The molecule has 1 aliphatic carbocycles. The van der Waals surface area contributed by atoms with Crippen LogP contribution >= 0.6 is 12.4 Å². The van der Waals surface area contributed by atoms with E-state index >= 15 is 0 Å². The maximum atomic E-state index is 12.0. The lowest BCUT2D eigenvalue weighted by molar-refractivity contribution is -0.124. The van der Waals surface area contributed by atoms with Crippen molar-refractivity contribution in [3.63, 3.8) is 0 Å². The van der Waals surface area contributed by atoms with Gasteiger partial charge in [0, 0.05) is 6.54 Å². The molecular formula is C8H15ClN6O. The number of nitrogens with one attached hydrogen (secondary N) is 2. The van der Waals surface area contributed by atoms with Crippen LogP contribution in [-0.4, -0.2) is 33.1 Å². The van der Waals surface area contributed by atoms with E-state index in [0.29, 0.717) is 6.54 Å². The summed E-state index contributed by atoms with van der Waals surface area (Å²) in [5, 5.41) is 15.6. The van der Waals surface area contributed by atoms with Gasteiger partial charge in [0.15, 0.2) is 0 Å². The number of rotatable bonds is 3. The molecule has 1 fully saturated rings. The third-order valence-corrected chi connectivity index (χ3v) is 3.00. The Balaban J connectivity index is 0.00000128. The number of anilines is 1. The number of H-pyrrole nitrogens is 1. The van der Waals surface area contributed by atoms with Crippen molar-refractivity contribution in [1.82, 2.24) is 20.6 Å². The average molecular weight is 247 g/mol. The van der Waals surface area contributed by atoms with Gasteiger partial charge in [-0.1, -0.05) is 17.9 Å². The first-order valence-corrected chi connectivity index (χ1v) is 5.02. The zero-order valence-electron chi connectivity index (χ0n) is 8.77. The number of carbonyl (C=O) groups excluding carboxylic acids is 1. The van der Waals surface area contributed by atoms with Crippen LogP contribution in [0.5, 0.6) is 0 Å². The molecular weight excluding hydrogens is 232 g/mol. The topological polar surface area (TPSA) is 110 Å². The molecule has 1 amide bonds. The molecule has 0 saturated heterocycles. The van der Waals surface area contributed by atoms with Crippen molar-refractivity contribution in [2.24, 2.45) is 11.1 Å². The molecule has 1 heterocycles. The van der Waals surface area contributed by atoms with E-state index in [2.05, 4.69) is 25.9 Å². The van der Waals surface area contributed by atoms with E-state index in [0.717, 1.165) is 25.7 Å². The summed E-state index contributed by atoms with van der Waals surface area (Å²) < 4.78 is 0. The minimum Gasteiger partial charge on any atom is -0.329 e. The molecule has 0 radical (unpaired) electrons. The van der Waals surface area contributed by atoms with Crippen molar-refractivity contribution < 1.29 is 4.79 Å². The summed E-state index contributed by atoms with van der Waals surface area (Å²) in [6, 6.07) is 0. The van der Waals surface area contributed by atoms with E-state index in [9.17, 15) is 4.79 Å². The number of hydrogen-bond acceptors (Lipinski definition) is 5. The van der Waals surface area contributed by atoms with Crippen molar-refractivity contribution in [3.8, 4) is 0 Å². The van der Waals surface area contributed by atoms with Crippen LogP contribution in [0.25, 0.3) is 0 Å². The molecule has 8 heteroatoms. The van der Waals surface area contributed by atoms with E-state index in [1.807, 2.05) is 0 Å². The smallest absolute Gasteiger partial charge is 0.269 e. The van der Waals surface area contributed by atoms with E-state index in [4.69, 9.17) is 5.73 Å². The van der Waals surface area contributed by atoms with Gasteiger partial charge in [-0.15, -0.1) is 17.5 Å². The molecule has 0 atom stereocenters. The van der Waals surface area contributed by atoms with Crippen LogP contribution in [-0.2, 0) is 4.79 Å². The van der Waals surface area contributed by atoms with Gasteiger partial charge in [-0.25, -0.2) is 0 Å². The lowest BCUT2D eigenvalue weighted by Crippen LogP contribution is -2.40. The fourth-order valence-corrected chi connectivity index (χ4v) is 2.02. The number of aromatic nitrogens is 4. The highest BCUT2D eigenvalue weighted by Gasteiger charge is 2.40. The van der Waals surface area contributed by atoms with Gasteiger partial charge >= 0.3 is 0 Å². The third-order valence-electron chi connectivity index (χ3n) is 3.00. The summed E-state index contributed by atoms with van der Waals surface area (Å²) in [4.78, 5) is 12.0. The monoisotopic (exact) mass is 246 g/mol. The molecule has 1 aromatic heterocycles. The van der Waals surface area contributed by atoms with Crippen LogP contribution in [0, 0.1) is 5.41 Å². The van der Waals surface area contributed by atoms with E-state index in [1.165, 1.54) is 0 Å². The molecule has 1 saturated carbocycles. The van der Waals surface area contributed by atoms with Gasteiger partial charge in [-0.3, -0.25) is 10.1 Å². The molecule has 90 valence electrons. The highest BCUT2D eigenvalue weighted by atomic mass is 35.5. The van der Waals surface area contributed by atoms with Crippen LogP contribution in [0.15, 0.2) is 0 Å². The Labute approximate surface area is 99.0 Å². The molecule has 16 heavy (non-hydrogen) atoms. The summed E-state index contributed by atoms with van der Waals surface area (Å²) in [6.45, 7) is 0.372. The van der Waals surface area contributed by atoms with E-state index < -0.39 is 5.41 Å². The molecule has 7 nitrogen and oxygen atoms in total. The van der Waals surface area contributed by atoms with Crippen LogP contribution in [0.3, 0.4) is 0 Å². The lowest BCUT2D eigenvalue weighted by Gasteiger charge is -2.24. The molecule has 1 aromatic rings. The lowest BCUT2D eigenvalue weighted by atomic mass is 9.85. The van der Waals surface area contributed by atoms with Gasteiger partial charge in [-0.05, 0) is 18.1 Å². The summed E-state index contributed by atoms with van der Waals surface area (Å²) in [7, 11) is 0. The second-order valence-electron chi connectivity index (χ2n) is 3.88. The second kappa shape index (κ2) is 5.22. The second-order valence-corrected chi connectivity index (χ2v) is 3.88. The van der Waals surface area contributed by atoms with Gasteiger partial charge in [-0.2, -0.15) is 5.21 Å². The first-order valence-electron chi connectivity index (χ1n) is 5.02. The highest BCUT2D eigenvalue weighted by Crippen LogP contribution is 2.37. The maximum absolute atomic E-state index is 12.0. The predicted molar refractivity (Wildman–Crippen MR) is 60.0 cm³/mol. The van der Waals surface area contributed by atoms with E-state index in [-0.39, 0.29) is 24.3 Å². The number of amides is 1. The number of aromatic amines is 1. The molecule has 1 aliphatic rings. The number of nitrogens with zero attached hydrogens (tertiary/aromatic N) is 3. The molecule has 4 N–H and O–H groups in total. The Morgan fingerprint density at radius 1 is 1.50 bits per heavy atom. The number of halogens is 1. The Bertz CT molecular complexity index is 334. The quantitative estimate of drug-likeness (QED) is 0.700. The number of tetrazole rings is 1. The minimum atomic E-state index is -0.430. The van der Waals surface area contributed by atoms with Gasteiger partial charge < -0.3 is 5.73 Å². The standard InChI is InChI=1S/C8H14N6O.ClH/c9-5-8(3-1-2-4-8)6(15)10-7-11-13-14-12-7;/h1-5,9H2,(H2,10,11,12,13,14,15);1H. The van der Waals surface area contributed by atoms with Crippen LogP contribution < -0.4 is 11.1 Å². The fourth-order valence-electron chi connectivity index (χ4n) is 2.02. The Morgan fingerprint density at radius 3 is 2.69 bits per heavy atom. The van der Waals surface area contributed by atoms with Crippen molar-refractivity contribution in [3.05, 3.63) is 0 Å². The van der Waals surface area contributed by atoms with Crippen molar-refractivity contribution in [2.75, 3.05) is 11.9 Å². The molecule has 2 rings (SSSR count). The normalized spacial score (nSPS) is 17.8. The Morgan fingerprint density at radius 2 is 2.19 bits per heavy atom. The Hall–Kier alpha value is -1.21. The van der Waals surface area contributed by atoms with Gasteiger partial charge in [0.25, 0.3) is 5.95 Å². The van der Waals surface area contributed by atoms with Crippen molar-refractivity contribution in [2.45, 2.75) is 25.7 Å². The molecule has 0 bridgehead atoms. The predicted octanol–water partition coefficient (Wildman–Crippen LogP) is 0.0791. The number of hydrogen-bond donors (Lipinski definition) is 3. The van der Waals surface area contributed by atoms with Gasteiger partial charge in [0.2, 0.25) is 5.91 Å². The number of carbonyl (C=O) groups is 1. The minimum absolute atomic E-state index is 0. The number of nitrogens with two attached hydrogens (primary N) is 1. The van der Waals surface area contributed by atoms with E-state index in [1.54, 1.807) is 0 Å². The van der Waals surface area contributed by atoms with Crippen LogP contribution in [0.2, 0.25) is 0 Å². The molecule has 0 aliphatic heterocycles. The summed E-state index contributed by atoms with van der Waals surface area (Å²) in [5.41, 5.74) is 5.24. The fraction of sp³-hybridized carbons (Fsp3) is 0.750. The highest BCUT2D eigenvalue weighted by molar-refractivity contribution is 5.94. The maximum Gasteiger partial charge on any atom is 0.269 e. The SMILES string of the molecule is Cl.NCC1(C(=O)Nc2nn[nH]n2)CCCC1. The third kappa shape index (κ3) is 2.30. The zero-order valence-corrected chi connectivity index (χ0v) is 9.59. The van der Waals surface area contributed by atoms with Crippen molar-refractivity contribution in [1.29, 1.82) is 0 Å². The van der Waals surface area contributed by atoms with Crippen LogP contribution in [0.4, 0.5) is 5.95 Å². The zero-order chi connectivity index (χ0) is 10.7. The summed E-state index contributed by atoms with van der Waals surface area (Å²) >= 11 is 0. The van der Waals surface area contributed by atoms with Crippen molar-refractivity contribution >= 4 is 24.3 Å². The molecule has 0 aromatic carbocycles. The summed E-state index contributed by atoms with van der Waals surface area (Å²) in [5.74, 6) is 0.114. The first kappa shape index (κ1) is 12.9. The Kier molecular flexibility index (Phi) is 4.19. The van der Waals surface area contributed by atoms with Gasteiger partial charge in [0.05, 0.1) is 5.41 Å². The average Bonchev–Trinajstić information content (AvgIpc) is 2.87. The first-order chi connectivity index (χ1) is 7.27. The van der Waals surface area contributed by atoms with Crippen LogP contribution in [0.1, 0.15) is 25.7 Å². The largest absolute Gasteiger partial charge is 0.329 e. The van der Waals surface area contributed by atoms with Gasteiger partial charge in [0.1, 0.15) is 0 Å².